The Labute approximate surface area is 136 Å². The lowest BCUT2D eigenvalue weighted by Gasteiger charge is -2.09. The molecule has 0 atom stereocenters. The van der Waals surface area contributed by atoms with Crippen molar-refractivity contribution in [2.45, 2.75) is 23.6 Å². The first kappa shape index (κ1) is 16.3. The van der Waals surface area contributed by atoms with Crippen LogP contribution in [0.5, 0.6) is 0 Å². The molecule has 0 amide bonds. The number of carboxylic acid groups (broad SMARTS) is 1. The number of nitrogens with zero attached hydrogens (tertiary/aromatic N) is 1. The topological polar surface area (TPSA) is 80.4 Å². The van der Waals surface area contributed by atoms with Crippen LogP contribution in [0.15, 0.2) is 40.1 Å². The van der Waals surface area contributed by atoms with Gasteiger partial charge in [-0.2, -0.15) is 0 Å². The van der Waals surface area contributed by atoms with Crippen molar-refractivity contribution < 1.29 is 14.8 Å². The Bertz CT molecular complexity index is 776. The highest BCUT2D eigenvalue weighted by Crippen LogP contribution is 2.38. The third kappa shape index (κ3) is 3.40. The number of hydrogen-bond acceptors (Lipinski definition) is 4. The molecule has 22 heavy (non-hydrogen) atoms. The van der Waals surface area contributed by atoms with E-state index in [0.29, 0.717) is 9.92 Å². The Morgan fingerprint density at radius 3 is 2.45 bits per heavy atom. The normalized spacial score (nSPS) is 10.5. The Morgan fingerprint density at radius 1 is 1.18 bits per heavy atom. The number of nitro groups is 1. The summed E-state index contributed by atoms with van der Waals surface area (Å²) in [6, 6.07) is 7.54. The number of nitro benzene ring substituents is 1. The van der Waals surface area contributed by atoms with Gasteiger partial charge in [-0.05, 0) is 49.2 Å². The SMILES string of the molecule is Cc1cc(Sc2ccc(C(=O)O)cc2[N+](=O)[O-])c(C)cc1Cl. The Morgan fingerprint density at radius 2 is 1.86 bits per heavy atom. The van der Waals surface area contributed by atoms with Crippen LogP contribution < -0.4 is 0 Å². The Balaban J connectivity index is 2.47. The quantitative estimate of drug-likeness (QED) is 0.645. The number of carbonyl (C=O) groups is 1. The molecule has 2 rings (SSSR count). The minimum Gasteiger partial charge on any atom is -0.478 e. The second kappa shape index (κ2) is 6.37. The van der Waals surface area contributed by atoms with Crippen LogP contribution in [0.2, 0.25) is 5.02 Å². The van der Waals surface area contributed by atoms with Crippen molar-refractivity contribution in [3.63, 3.8) is 0 Å². The monoisotopic (exact) mass is 337 g/mol. The standard InChI is InChI=1S/C15H12ClNO4S/c1-8-6-14(9(2)5-11(8)16)22-13-4-3-10(15(18)19)7-12(13)17(20)21/h3-7H,1-2H3,(H,18,19). The molecule has 0 aliphatic heterocycles. The van der Waals surface area contributed by atoms with Crippen LogP contribution in [0.25, 0.3) is 0 Å². The lowest BCUT2D eigenvalue weighted by atomic mass is 10.2. The van der Waals surface area contributed by atoms with E-state index in [1.807, 2.05) is 19.9 Å². The molecule has 0 aliphatic rings. The van der Waals surface area contributed by atoms with E-state index in [-0.39, 0.29) is 11.3 Å². The lowest BCUT2D eigenvalue weighted by molar-refractivity contribution is -0.387. The molecular weight excluding hydrogens is 326 g/mol. The molecule has 7 heteroatoms. The molecule has 2 aromatic rings. The molecule has 0 saturated carbocycles. The van der Waals surface area contributed by atoms with Crippen LogP contribution >= 0.6 is 23.4 Å². The van der Waals surface area contributed by atoms with E-state index in [2.05, 4.69) is 0 Å². The van der Waals surface area contributed by atoms with E-state index in [0.717, 1.165) is 22.1 Å². The third-order valence-electron chi connectivity index (χ3n) is 3.08. The maximum absolute atomic E-state index is 11.2. The summed E-state index contributed by atoms with van der Waals surface area (Å²) < 4.78 is 0. The summed E-state index contributed by atoms with van der Waals surface area (Å²) in [5.74, 6) is -1.20. The Kier molecular flexibility index (Phi) is 4.73. The first-order valence-electron chi connectivity index (χ1n) is 6.26. The zero-order chi connectivity index (χ0) is 16.4. The van der Waals surface area contributed by atoms with Crippen molar-refractivity contribution in [3.05, 3.63) is 62.2 Å². The van der Waals surface area contributed by atoms with E-state index in [1.165, 1.54) is 23.9 Å². The molecule has 0 aliphatic carbocycles. The fourth-order valence-corrected chi connectivity index (χ4v) is 3.15. The van der Waals surface area contributed by atoms with Gasteiger partial charge in [0, 0.05) is 16.0 Å². The minimum atomic E-state index is -1.20. The van der Waals surface area contributed by atoms with E-state index < -0.39 is 10.9 Å². The van der Waals surface area contributed by atoms with Gasteiger partial charge in [0.05, 0.1) is 15.4 Å². The molecule has 0 fully saturated rings. The van der Waals surface area contributed by atoms with Crippen molar-refractivity contribution >= 4 is 35.0 Å². The summed E-state index contributed by atoms with van der Waals surface area (Å²) in [6.45, 7) is 3.72. The number of benzene rings is 2. The zero-order valence-electron chi connectivity index (χ0n) is 11.8. The number of carboxylic acids is 1. The average molecular weight is 338 g/mol. The number of aromatic carboxylic acids is 1. The lowest BCUT2D eigenvalue weighted by Crippen LogP contribution is -1.99. The summed E-state index contributed by atoms with van der Waals surface area (Å²) in [6.07, 6.45) is 0. The number of aryl methyl sites for hydroxylation is 2. The van der Waals surface area contributed by atoms with Crippen molar-refractivity contribution in [1.82, 2.24) is 0 Å². The van der Waals surface area contributed by atoms with E-state index in [9.17, 15) is 14.9 Å². The zero-order valence-corrected chi connectivity index (χ0v) is 13.4. The maximum atomic E-state index is 11.2. The third-order valence-corrected chi connectivity index (χ3v) is 4.71. The second-order valence-corrected chi connectivity index (χ2v) is 6.20. The van der Waals surface area contributed by atoms with Gasteiger partial charge in [-0.15, -0.1) is 0 Å². The summed E-state index contributed by atoms with van der Waals surface area (Å²) in [5, 5.41) is 20.7. The van der Waals surface area contributed by atoms with Crippen LogP contribution in [0.3, 0.4) is 0 Å². The van der Waals surface area contributed by atoms with Gasteiger partial charge in [-0.25, -0.2) is 4.79 Å². The van der Waals surface area contributed by atoms with E-state index in [4.69, 9.17) is 16.7 Å². The van der Waals surface area contributed by atoms with Crippen LogP contribution in [0.1, 0.15) is 21.5 Å². The van der Waals surface area contributed by atoms with Gasteiger partial charge >= 0.3 is 5.97 Å². The molecule has 0 unspecified atom stereocenters. The molecule has 0 saturated heterocycles. The minimum absolute atomic E-state index is 0.111. The highest BCUT2D eigenvalue weighted by molar-refractivity contribution is 7.99. The number of rotatable bonds is 4. The van der Waals surface area contributed by atoms with Gasteiger partial charge < -0.3 is 5.11 Å². The largest absolute Gasteiger partial charge is 0.478 e. The molecule has 0 aromatic heterocycles. The van der Waals surface area contributed by atoms with Gasteiger partial charge in [0.1, 0.15) is 0 Å². The molecule has 5 nitrogen and oxygen atoms in total. The van der Waals surface area contributed by atoms with Crippen LogP contribution in [-0.4, -0.2) is 16.0 Å². The van der Waals surface area contributed by atoms with Crippen molar-refractivity contribution in [2.75, 3.05) is 0 Å². The van der Waals surface area contributed by atoms with Crippen molar-refractivity contribution in [2.24, 2.45) is 0 Å². The predicted octanol–water partition coefficient (Wildman–Crippen LogP) is 4.71. The van der Waals surface area contributed by atoms with Crippen molar-refractivity contribution in [1.29, 1.82) is 0 Å². The predicted molar refractivity (Wildman–Crippen MR) is 85.1 cm³/mol. The van der Waals surface area contributed by atoms with Crippen molar-refractivity contribution in [3.8, 4) is 0 Å². The molecule has 1 N–H and O–H groups in total. The van der Waals surface area contributed by atoms with Gasteiger partial charge in [-0.1, -0.05) is 23.4 Å². The summed E-state index contributed by atoms with van der Waals surface area (Å²) in [7, 11) is 0. The van der Waals surface area contributed by atoms with Crippen LogP contribution in [-0.2, 0) is 0 Å². The average Bonchev–Trinajstić information content (AvgIpc) is 2.44. The summed E-state index contributed by atoms with van der Waals surface area (Å²) in [4.78, 5) is 22.8. The van der Waals surface area contributed by atoms with Crippen LogP contribution in [0, 0.1) is 24.0 Å². The fourth-order valence-electron chi connectivity index (χ4n) is 1.86. The molecular formula is C15H12ClNO4S. The highest BCUT2D eigenvalue weighted by atomic mass is 35.5. The van der Waals surface area contributed by atoms with Gasteiger partial charge in [0.25, 0.3) is 5.69 Å². The molecule has 0 spiro atoms. The smallest absolute Gasteiger partial charge is 0.335 e. The first-order chi connectivity index (χ1) is 10.3. The molecule has 0 radical (unpaired) electrons. The molecule has 2 aromatic carbocycles. The Hall–Kier alpha value is -2.05. The summed E-state index contributed by atoms with van der Waals surface area (Å²) in [5.41, 5.74) is 1.44. The molecule has 114 valence electrons. The first-order valence-corrected chi connectivity index (χ1v) is 7.45. The van der Waals surface area contributed by atoms with E-state index >= 15 is 0 Å². The van der Waals surface area contributed by atoms with Gasteiger partial charge in [0.15, 0.2) is 0 Å². The molecule has 0 bridgehead atoms. The second-order valence-electron chi connectivity index (χ2n) is 4.71. The highest BCUT2D eigenvalue weighted by Gasteiger charge is 2.19. The fraction of sp³-hybridized carbons (Fsp3) is 0.133. The van der Waals surface area contributed by atoms with E-state index in [1.54, 1.807) is 6.07 Å². The summed E-state index contributed by atoms with van der Waals surface area (Å²) >= 11 is 7.26. The van der Waals surface area contributed by atoms with Gasteiger partial charge in [-0.3, -0.25) is 10.1 Å². The van der Waals surface area contributed by atoms with Crippen LogP contribution in [0.4, 0.5) is 5.69 Å². The molecule has 0 heterocycles. The van der Waals surface area contributed by atoms with Gasteiger partial charge in [0.2, 0.25) is 0 Å². The maximum Gasteiger partial charge on any atom is 0.335 e. The number of halogens is 1. The number of hydrogen-bond donors (Lipinski definition) is 1.